The predicted molar refractivity (Wildman–Crippen MR) is 156 cm³/mol. The molecular weight excluding hydrogens is 580 g/mol. The second-order valence-electron chi connectivity index (χ2n) is 11.4. The number of benzene rings is 2. The van der Waals surface area contributed by atoms with Crippen molar-refractivity contribution in [1.29, 1.82) is 0 Å². The number of nitrogens with zero attached hydrogens (tertiary/aromatic N) is 3. The monoisotopic (exact) mass is 615 g/mol. The molecule has 0 aliphatic carbocycles. The van der Waals surface area contributed by atoms with Crippen molar-refractivity contribution >= 4 is 27.2 Å². The summed E-state index contributed by atoms with van der Waals surface area (Å²) in [5, 5.41) is 20.7. The Morgan fingerprint density at radius 3 is 2.60 bits per heavy atom. The average molecular weight is 616 g/mol. The van der Waals surface area contributed by atoms with Crippen molar-refractivity contribution in [2.75, 3.05) is 43.1 Å². The maximum Gasteiger partial charge on any atom is 0.243 e. The molecule has 3 aliphatic heterocycles. The van der Waals surface area contributed by atoms with E-state index in [0.717, 1.165) is 60.0 Å². The van der Waals surface area contributed by atoms with Crippen molar-refractivity contribution < 1.29 is 31.8 Å². The predicted octanol–water partition coefficient (Wildman–Crippen LogP) is 3.41. The van der Waals surface area contributed by atoms with Crippen molar-refractivity contribution in [3.8, 4) is 0 Å². The zero-order valence-corrected chi connectivity index (χ0v) is 24.5. The molecule has 230 valence electrons. The molecule has 3 N–H and O–H groups in total. The Hall–Kier alpha value is -3.39. The maximum atomic E-state index is 13.8. The number of aromatic amines is 1. The van der Waals surface area contributed by atoms with Gasteiger partial charge in [-0.3, -0.25) is 9.89 Å². The van der Waals surface area contributed by atoms with Gasteiger partial charge in [0.15, 0.2) is 5.78 Å². The smallest absolute Gasteiger partial charge is 0.243 e. The van der Waals surface area contributed by atoms with Gasteiger partial charge in [-0.1, -0.05) is 0 Å². The molecule has 3 aliphatic rings. The second kappa shape index (κ2) is 12.3. The van der Waals surface area contributed by atoms with Crippen LogP contribution in [0.25, 0.3) is 0 Å². The molecule has 0 spiro atoms. The molecule has 6 rings (SSSR count). The second-order valence-corrected chi connectivity index (χ2v) is 13.3. The van der Waals surface area contributed by atoms with E-state index in [-0.39, 0.29) is 44.0 Å². The SMILES string of the molecule is O=C(Cc1n[nH]c2c1CN(S(=O)(=O)c1cc(F)cc(F)c1)CC2)c1ccc(N2CCC[C@H]2CO)cc1NC1CCOCC1. The van der Waals surface area contributed by atoms with E-state index in [9.17, 15) is 27.1 Å². The molecule has 0 bridgehead atoms. The third kappa shape index (κ3) is 6.17. The first-order valence-corrected chi connectivity index (χ1v) is 16.1. The molecule has 10 nitrogen and oxygen atoms in total. The van der Waals surface area contributed by atoms with Gasteiger partial charge in [0.25, 0.3) is 0 Å². The minimum absolute atomic E-state index is 0.0381. The number of carbonyl (C=O) groups is 1. The lowest BCUT2D eigenvalue weighted by molar-refractivity contribution is 0.0904. The van der Waals surface area contributed by atoms with Gasteiger partial charge >= 0.3 is 0 Å². The van der Waals surface area contributed by atoms with E-state index in [1.165, 1.54) is 0 Å². The van der Waals surface area contributed by atoms with Crippen LogP contribution in [0.5, 0.6) is 0 Å². The molecule has 43 heavy (non-hydrogen) atoms. The number of ketones is 1. The number of Topliss-reactive ketones (excluding diaryl/α,β-unsaturated/α-hetero) is 1. The summed E-state index contributed by atoms with van der Waals surface area (Å²) in [6.45, 7) is 2.21. The lowest BCUT2D eigenvalue weighted by Crippen LogP contribution is -2.36. The van der Waals surface area contributed by atoms with Crippen LogP contribution in [0.2, 0.25) is 0 Å². The standard InChI is InChI=1S/C30H35F2N5O5S/c31-19-12-20(32)14-24(13-19)43(40,41)36-9-5-27-26(17-36)29(35-34-27)16-30(39)25-4-3-22(37-8-1-2-23(37)18-38)15-28(25)33-21-6-10-42-11-7-21/h3-4,12-15,21,23,33,38H,1-2,5-11,16-18H2,(H,34,35)/t23-/m0/s1. The highest BCUT2D eigenvalue weighted by molar-refractivity contribution is 7.89. The fourth-order valence-electron chi connectivity index (χ4n) is 6.26. The fourth-order valence-corrected chi connectivity index (χ4v) is 7.71. The van der Waals surface area contributed by atoms with Crippen LogP contribution in [0.1, 0.15) is 53.0 Å². The summed E-state index contributed by atoms with van der Waals surface area (Å²) in [4.78, 5) is 15.5. The lowest BCUT2D eigenvalue weighted by atomic mass is 9.98. The van der Waals surface area contributed by atoms with Crippen LogP contribution in [-0.4, -0.2) is 78.8 Å². The topological polar surface area (TPSA) is 128 Å². The van der Waals surface area contributed by atoms with Crippen LogP contribution in [0, 0.1) is 11.6 Å². The third-order valence-corrected chi connectivity index (χ3v) is 10.4. The number of fused-ring (bicyclic) bond motifs is 1. The number of halogens is 2. The molecular formula is C30H35F2N5O5S. The summed E-state index contributed by atoms with van der Waals surface area (Å²) in [6.07, 6.45) is 3.78. The van der Waals surface area contributed by atoms with Gasteiger partial charge in [-0.15, -0.1) is 0 Å². The largest absolute Gasteiger partial charge is 0.394 e. The summed E-state index contributed by atoms with van der Waals surface area (Å²) >= 11 is 0. The number of anilines is 2. The number of hydrogen-bond acceptors (Lipinski definition) is 8. The van der Waals surface area contributed by atoms with Gasteiger partial charge in [0.1, 0.15) is 11.6 Å². The molecule has 2 aromatic carbocycles. The van der Waals surface area contributed by atoms with Crippen LogP contribution in [0.3, 0.4) is 0 Å². The molecule has 0 amide bonds. The van der Waals surface area contributed by atoms with Crippen molar-refractivity contribution in [1.82, 2.24) is 14.5 Å². The number of aromatic nitrogens is 2. The summed E-state index contributed by atoms with van der Waals surface area (Å²) in [5.74, 6) is -2.12. The van der Waals surface area contributed by atoms with Gasteiger partial charge in [-0.25, -0.2) is 17.2 Å². The molecule has 2 fully saturated rings. The van der Waals surface area contributed by atoms with Gasteiger partial charge in [0.05, 0.1) is 29.7 Å². The van der Waals surface area contributed by atoms with Gasteiger partial charge in [-0.05, 0) is 56.0 Å². The molecule has 2 saturated heterocycles. The number of sulfonamides is 1. The van der Waals surface area contributed by atoms with E-state index >= 15 is 0 Å². The van der Waals surface area contributed by atoms with Gasteiger partial charge in [-0.2, -0.15) is 9.40 Å². The summed E-state index contributed by atoms with van der Waals surface area (Å²) in [5.41, 5.74) is 3.92. The summed E-state index contributed by atoms with van der Waals surface area (Å²) < 4.78 is 60.8. The first kappa shape index (κ1) is 29.7. The molecule has 13 heteroatoms. The molecule has 4 heterocycles. The van der Waals surface area contributed by atoms with E-state index in [4.69, 9.17) is 4.74 Å². The molecule has 0 saturated carbocycles. The third-order valence-electron chi connectivity index (χ3n) is 8.59. The number of hydrogen-bond donors (Lipinski definition) is 3. The van der Waals surface area contributed by atoms with Crippen molar-refractivity contribution in [2.45, 2.75) is 62.0 Å². The number of nitrogens with one attached hydrogen (secondary N) is 2. The van der Waals surface area contributed by atoms with E-state index in [0.29, 0.717) is 48.2 Å². The Morgan fingerprint density at radius 2 is 1.86 bits per heavy atom. The zero-order chi connectivity index (χ0) is 30.1. The van der Waals surface area contributed by atoms with E-state index < -0.39 is 26.6 Å². The Kier molecular flexibility index (Phi) is 8.49. The number of rotatable bonds is 9. The lowest BCUT2D eigenvalue weighted by Gasteiger charge is -2.29. The Balaban J connectivity index is 1.25. The van der Waals surface area contributed by atoms with Crippen LogP contribution in [0.4, 0.5) is 20.2 Å². The summed E-state index contributed by atoms with van der Waals surface area (Å²) in [6, 6.07) is 8.10. The Labute approximate surface area is 249 Å². The highest BCUT2D eigenvalue weighted by Gasteiger charge is 2.33. The van der Waals surface area contributed by atoms with Crippen molar-refractivity contribution in [2.24, 2.45) is 0 Å². The molecule has 0 unspecified atom stereocenters. The van der Waals surface area contributed by atoms with Crippen LogP contribution < -0.4 is 10.2 Å². The molecule has 0 radical (unpaired) electrons. The Morgan fingerprint density at radius 1 is 1.09 bits per heavy atom. The van der Waals surface area contributed by atoms with Crippen molar-refractivity contribution in [3.63, 3.8) is 0 Å². The summed E-state index contributed by atoms with van der Waals surface area (Å²) in [7, 11) is -4.18. The maximum absolute atomic E-state index is 13.8. The molecule has 1 aromatic heterocycles. The molecule has 3 aromatic rings. The Bertz CT molecular complexity index is 1590. The zero-order valence-electron chi connectivity index (χ0n) is 23.7. The van der Waals surface area contributed by atoms with E-state index in [2.05, 4.69) is 20.4 Å². The first-order chi connectivity index (χ1) is 20.7. The minimum atomic E-state index is -4.18. The highest BCUT2D eigenvalue weighted by Crippen LogP contribution is 2.32. The normalized spacial score (nSPS) is 19.9. The number of carbonyl (C=O) groups excluding carboxylic acids is 1. The van der Waals surface area contributed by atoms with Crippen molar-refractivity contribution in [3.05, 3.63) is 70.5 Å². The quantitative estimate of drug-likeness (QED) is 0.313. The van der Waals surface area contributed by atoms with Crippen LogP contribution in [-0.2, 0) is 34.1 Å². The average Bonchev–Trinajstić information content (AvgIpc) is 3.64. The number of H-pyrrole nitrogens is 1. The van der Waals surface area contributed by atoms with Crippen LogP contribution >= 0.6 is 0 Å². The van der Waals surface area contributed by atoms with Gasteiger partial charge in [0, 0.05) is 79.6 Å². The molecule has 1 atom stereocenters. The highest BCUT2D eigenvalue weighted by atomic mass is 32.2. The van der Waals surface area contributed by atoms with Crippen LogP contribution in [0.15, 0.2) is 41.3 Å². The first-order valence-electron chi connectivity index (χ1n) is 14.6. The number of aliphatic hydroxyl groups excluding tert-OH is 1. The van der Waals surface area contributed by atoms with Gasteiger partial charge in [0.2, 0.25) is 10.0 Å². The van der Waals surface area contributed by atoms with Gasteiger partial charge < -0.3 is 20.1 Å². The number of aliphatic hydroxyl groups is 1. The number of ether oxygens (including phenoxy) is 1. The van der Waals surface area contributed by atoms with E-state index in [1.807, 2.05) is 12.1 Å². The minimum Gasteiger partial charge on any atom is -0.394 e. The fraction of sp³-hybridized carbons (Fsp3) is 0.467. The van der Waals surface area contributed by atoms with E-state index in [1.54, 1.807) is 6.07 Å².